The molecule has 1 spiro atoms. The van der Waals surface area contributed by atoms with Gasteiger partial charge < -0.3 is 14.8 Å². The number of hydrogen-bond donors (Lipinski definition) is 2. The van der Waals surface area contributed by atoms with Crippen molar-refractivity contribution in [2.75, 3.05) is 30.9 Å². The Labute approximate surface area is 224 Å². The van der Waals surface area contributed by atoms with Crippen LogP contribution in [-0.2, 0) is 0 Å². The van der Waals surface area contributed by atoms with Gasteiger partial charge in [0.25, 0.3) is 5.56 Å². The highest BCUT2D eigenvalue weighted by molar-refractivity contribution is 7.98. The third kappa shape index (κ3) is 4.23. The smallest absolute Gasteiger partial charge is 0.261 e. The summed E-state index contributed by atoms with van der Waals surface area (Å²) in [5, 5.41) is 13.7. The summed E-state index contributed by atoms with van der Waals surface area (Å²) in [5.41, 5.74) is 1.37. The SMILES string of the molecule is N#Cc1c(NSN2CC3CC3C2)ccc(F)c1Oc1ccc2ncn(C3CC4(CCNCC4)C3)c(=O)c2c1. The van der Waals surface area contributed by atoms with E-state index >= 15 is 0 Å². The number of ether oxygens (including phenoxy) is 1. The lowest BCUT2D eigenvalue weighted by Crippen LogP contribution is -2.47. The fraction of sp³-hybridized carbons (Fsp3) is 0.464. The maximum absolute atomic E-state index is 14.9. The molecule has 2 N–H and O–H groups in total. The van der Waals surface area contributed by atoms with Crippen molar-refractivity contribution in [3.63, 3.8) is 0 Å². The van der Waals surface area contributed by atoms with Crippen molar-refractivity contribution in [1.29, 1.82) is 5.26 Å². The number of aromatic nitrogens is 2. The van der Waals surface area contributed by atoms with Gasteiger partial charge in [-0.05, 0) is 92.8 Å². The molecule has 2 saturated carbocycles. The Morgan fingerprint density at radius 3 is 2.74 bits per heavy atom. The number of nitrogens with zero attached hydrogens (tertiary/aromatic N) is 4. The summed E-state index contributed by atoms with van der Waals surface area (Å²) in [5.74, 6) is 1.07. The number of hydrogen-bond acceptors (Lipinski definition) is 8. The molecule has 2 unspecified atom stereocenters. The second-order valence-electron chi connectivity index (χ2n) is 11.3. The number of nitrogens with one attached hydrogen (secondary N) is 2. The van der Waals surface area contributed by atoms with Crippen molar-refractivity contribution in [2.24, 2.45) is 17.3 Å². The molecule has 0 radical (unpaired) electrons. The minimum absolute atomic E-state index is 0.0901. The van der Waals surface area contributed by atoms with Crippen molar-refractivity contribution in [1.82, 2.24) is 19.2 Å². The number of rotatable bonds is 6. The second-order valence-corrected chi connectivity index (χ2v) is 12.2. The van der Waals surface area contributed by atoms with Gasteiger partial charge >= 0.3 is 0 Å². The number of halogens is 1. The monoisotopic (exact) mass is 532 g/mol. The average Bonchev–Trinajstić information content (AvgIpc) is 3.53. The molecule has 4 fully saturated rings. The molecule has 196 valence electrons. The highest BCUT2D eigenvalue weighted by atomic mass is 32.2. The Morgan fingerprint density at radius 2 is 1.97 bits per heavy atom. The van der Waals surface area contributed by atoms with E-state index in [0.29, 0.717) is 22.0 Å². The molecule has 3 heterocycles. The molecular formula is C28H29FN6O2S. The quantitative estimate of drug-likeness (QED) is 0.436. The van der Waals surface area contributed by atoms with E-state index in [9.17, 15) is 14.4 Å². The maximum atomic E-state index is 14.9. The molecule has 1 aromatic heterocycles. The van der Waals surface area contributed by atoms with E-state index in [4.69, 9.17) is 4.74 Å². The molecule has 3 aromatic rings. The molecule has 2 aliphatic heterocycles. The molecule has 4 aliphatic rings. The molecule has 2 saturated heterocycles. The van der Waals surface area contributed by atoms with Gasteiger partial charge in [0.1, 0.15) is 17.4 Å². The van der Waals surface area contributed by atoms with E-state index in [1.165, 1.54) is 24.6 Å². The zero-order valence-electron chi connectivity index (χ0n) is 21.0. The molecule has 10 heteroatoms. The van der Waals surface area contributed by atoms with Crippen LogP contribution in [0.2, 0.25) is 0 Å². The molecule has 0 amide bonds. The summed E-state index contributed by atoms with van der Waals surface area (Å²) in [6.07, 6.45) is 7.23. The van der Waals surface area contributed by atoms with Crippen LogP contribution in [0, 0.1) is 34.4 Å². The minimum Gasteiger partial charge on any atom is -0.453 e. The summed E-state index contributed by atoms with van der Waals surface area (Å²) in [4.78, 5) is 17.9. The van der Waals surface area contributed by atoms with E-state index in [2.05, 4.69) is 25.4 Å². The summed E-state index contributed by atoms with van der Waals surface area (Å²) in [6.45, 7) is 4.12. The van der Waals surface area contributed by atoms with Crippen LogP contribution in [0.25, 0.3) is 10.9 Å². The number of benzene rings is 2. The molecule has 8 nitrogen and oxygen atoms in total. The first kappa shape index (κ1) is 23.9. The van der Waals surface area contributed by atoms with Crippen LogP contribution >= 0.6 is 12.1 Å². The van der Waals surface area contributed by atoms with Gasteiger partial charge in [-0.3, -0.25) is 9.36 Å². The van der Waals surface area contributed by atoms with Gasteiger partial charge in [-0.2, -0.15) is 5.26 Å². The van der Waals surface area contributed by atoms with Crippen LogP contribution in [-0.4, -0.2) is 40.0 Å². The maximum Gasteiger partial charge on any atom is 0.261 e. The first-order valence-electron chi connectivity index (χ1n) is 13.3. The highest BCUT2D eigenvalue weighted by Crippen LogP contribution is 2.53. The van der Waals surface area contributed by atoms with Gasteiger partial charge in [0.05, 0.1) is 22.9 Å². The molecule has 0 bridgehead atoms. The molecule has 2 aliphatic carbocycles. The van der Waals surface area contributed by atoms with E-state index in [1.54, 1.807) is 35.2 Å². The van der Waals surface area contributed by atoms with Gasteiger partial charge in [0, 0.05) is 31.3 Å². The van der Waals surface area contributed by atoms with Crippen LogP contribution in [0.4, 0.5) is 10.1 Å². The van der Waals surface area contributed by atoms with E-state index in [0.717, 1.165) is 63.7 Å². The van der Waals surface area contributed by atoms with E-state index in [1.807, 2.05) is 0 Å². The Bertz CT molecular complexity index is 1500. The molecule has 2 atom stereocenters. The fourth-order valence-electron chi connectivity index (χ4n) is 6.45. The third-order valence-electron chi connectivity index (χ3n) is 8.82. The normalized spacial score (nSPS) is 24.1. The fourth-order valence-corrected chi connectivity index (χ4v) is 7.38. The Morgan fingerprint density at radius 1 is 1.18 bits per heavy atom. The Balaban J connectivity index is 1.13. The predicted octanol–water partition coefficient (Wildman–Crippen LogP) is 4.83. The van der Waals surface area contributed by atoms with E-state index < -0.39 is 5.82 Å². The largest absolute Gasteiger partial charge is 0.453 e. The molecule has 7 rings (SSSR count). The number of piperidine rings is 2. The Hall–Kier alpha value is -3.13. The van der Waals surface area contributed by atoms with Crippen LogP contribution < -0.4 is 20.3 Å². The van der Waals surface area contributed by atoms with Gasteiger partial charge in [-0.1, -0.05) is 0 Å². The number of anilines is 1. The second kappa shape index (κ2) is 9.26. The lowest BCUT2D eigenvalue weighted by atomic mass is 9.60. The van der Waals surface area contributed by atoms with Crippen LogP contribution in [0.3, 0.4) is 0 Å². The van der Waals surface area contributed by atoms with Gasteiger partial charge in [-0.25, -0.2) is 13.7 Å². The lowest BCUT2D eigenvalue weighted by Gasteiger charge is -2.50. The Kier molecular flexibility index (Phi) is 5.83. The topological polar surface area (TPSA) is 95.2 Å². The van der Waals surface area contributed by atoms with Crippen molar-refractivity contribution in [3.8, 4) is 17.6 Å². The third-order valence-corrected chi connectivity index (χ3v) is 9.69. The first-order chi connectivity index (χ1) is 18.5. The summed E-state index contributed by atoms with van der Waals surface area (Å²) in [6, 6.07) is 10.0. The van der Waals surface area contributed by atoms with Crippen LogP contribution in [0.5, 0.6) is 11.5 Å². The summed E-state index contributed by atoms with van der Waals surface area (Å²) < 4.78 is 28.0. The summed E-state index contributed by atoms with van der Waals surface area (Å²) in [7, 11) is 0. The molecule has 2 aromatic carbocycles. The van der Waals surface area contributed by atoms with Crippen molar-refractivity contribution < 1.29 is 9.13 Å². The van der Waals surface area contributed by atoms with Crippen LogP contribution in [0.15, 0.2) is 41.5 Å². The number of nitriles is 1. The lowest BCUT2D eigenvalue weighted by molar-refractivity contribution is 0.0270. The molecule has 38 heavy (non-hydrogen) atoms. The van der Waals surface area contributed by atoms with E-state index in [-0.39, 0.29) is 28.7 Å². The van der Waals surface area contributed by atoms with Crippen molar-refractivity contribution in [3.05, 3.63) is 58.4 Å². The standard InChI is InChI=1S/C28H29FN6O2S/c29-23-2-4-25(33-38-34-14-17-9-18(17)15-34)22(13-30)26(23)37-20-1-3-24-21(10-20)27(36)35(16-32-24)19-11-28(12-19)5-7-31-8-6-28/h1-4,10,16-19,31,33H,5-9,11-12,14-15H2. The predicted molar refractivity (Wildman–Crippen MR) is 144 cm³/mol. The van der Waals surface area contributed by atoms with Gasteiger partial charge in [0.2, 0.25) is 0 Å². The summed E-state index contributed by atoms with van der Waals surface area (Å²) >= 11 is 1.44. The zero-order valence-corrected chi connectivity index (χ0v) is 21.8. The zero-order chi connectivity index (χ0) is 25.9. The first-order valence-corrected chi connectivity index (χ1v) is 14.1. The number of fused-ring (bicyclic) bond motifs is 2. The van der Waals surface area contributed by atoms with Gasteiger partial charge in [0.15, 0.2) is 11.6 Å². The van der Waals surface area contributed by atoms with Crippen LogP contribution in [0.1, 0.15) is 43.7 Å². The average molecular weight is 533 g/mol. The van der Waals surface area contributed by atoms with Crippen molar-refractivity contribution in [2.45, 2.75) is 38.1 Å². The van der Waals surface area contributed by atoms with Crippen molar-refractivity contribution >= 4 is 28.7 Å². The van der Waals surface area contributed by atoms with Gasteiger partial charge in [-0.15, -0.1) is 0 Å². The molecular weight excluding hydrogens is 503 g/mol. The highest BCUT2D eigenvalue weighted by Gasteiger charge is 2.46. The minimum atomic E-state index is -0.634.